The Labute approximate surface area is 133 Å². The number of nitrogens with one attached hydrogen (secondary N) is 2. The van der Waals surface area contributed by atoms with Gasteiger partial charge in [0.15, 0.2) is 11.6 Å². The van der Waals surface area contributed by atoms with Gasteiger partial charge in [-0.25, -0.2) is 4.52 Å². The Hall–Kier alpha value is -2.61. The van der Waals surface area contributed by atoms with Crippen molar-refractivity contribution in [1.29, 1.82) is 0 Å². The molecule has 23 heavy (non-hydrogen) atoms. The molecule has 3 N–H and O–H groups in total. The minimum absolute atomic E-state index is 0.0866. The molecule has 4 heterocycles. The monoisotopic (exact) mass is 313 g/mol. The zero-order valence-electron chi connectivity index (χ0n) is 12.9. The summed E-state index contributed by atoms with van der Waals surface area (Å²) in [5.74, 6) is 2.05. The maximum Gasteiger partial charge on any atom is 0.245 e. The number of hydrogen-bond acceptors (Lipinski definition) is 6. The molecule has 0 unspecified atom stereocenters. The second-order valence-electron chi connectivity index (χ2n) is 5.83. The molecule has 0 radical (unpaired) electrons. The zero-order chi connectivity index (χ0) is 15.8. The van der Waals surface area contributed by atoms with Crippen LogP contribution in [0.4, 0.5) is 17.6 Å². The third-order valence-corrected chi connectivity index (χ3v) is 4.18. The topological polar surface area (TPSA) is 94.4 Å². The molecule has 4 rings (SSSR count). The van der Waals surface area contributed by atoms with Gasteiger partial charge in [0.2, 0.25) is 5.95 Å². The molecular formula is C15H19N7O. The Morgan fingerprint density at radius 3 is 3.17 bits per heavy atom. The van der Waals surface area contributed by atoms with Gasteiger partial charge in [0.05, 0.1) is 12.6 Å². The number of anilines is 3. The first-order valence-electron chi connectivity index (χ1n) is 7.76. The van der Waals surface area contributed by atoms with E-state index in [2.05, 4.69) is 30.5 Å². The van der Waals surface area contributed by atoms with Gasteiger partial charge in [-0.1, -0.05) is 0 Å². The molecule has 8 heteroatoms. The van der Waals surface area contributed by atoms with Gasteiger partial charge in [-0.2, -0.15) is 10.1 Å². The predicted molar refractivity (Wildman–Crippen MR) is 87.0 cm³/mol. The molecule has 1 aliphatic rings. The number of aromatic nitrogens is 5. The number of aryl methyl sites for hydroxylation is 1. The van der Waals surface area contributed by atoms with Crippen LogP contribution in [0.3, 0.4) is 0 Å². The van der Waals surface area contributed by atoms with Crippen LogP contribution in [0.25, 0.3) is 5.52 Å². The lowest BCUT2D eigenvalue weighted by atomic mass is 10.2. The van der Waals surface area contributed by atoms with Crippen molar-refractivity contribution in [1.82, 2.24) is 24.8 Å². The van der Waals surface area contributed by atoms with Crippen molar-refractivity contribution in [2.75, 3.05) is 23.4 Å². The van der Waals surface area contributed by atoms with E-state index >= 15 is 0 Å². The first-order chi connectivity index (χ1) is 11.2. The second kappa shape index (κ2) is 5.54. The second-order valence-corrected chi connectivity index (χ2v) is 5.83. The lowest BCUT2D eigenvalue weighted by Gasteiger charge is -2.23. The lowest BCUT2D eigenvalue weighted by molar-refractivity contribution is 0.265. The van der Waals surface area contributed by atoms with Crippen molar-refractivity contribution in [2.45, 2.75) is 25.8 Å². The number of rotatable bonds is 4. The molecule has 1 atom stereocenters. The van der Waals surface area contributed by atoms with Crippen molar-refractivity contribution in [2.24, 2.45) is 0 Å². The molecule has 0 amide bonds. The van der Waals surface area contributed by atoms with E-state index in [-0.39, 0.29) is 12.6 Å². The molecular weight excluding hydrogens is 294 g/mol. The highest BCUT2D eigenvalue weighted by atomic mass is 16.3. The molecule has 0 aliphatic carbocycles. The highest BCUT2D eigenvalue weighted by Crippen LogP contribution is 2.26. The van der Waals surface area contributed by atoms with Crippen molar-refractivity contribution >= 4 is 23.1 Å². The third-order valence-electron chi connectivity index (χ3n) is 4.18. The van der Waals surface area contributed by atoms with Crippen molar-refractivity contribution < 1.29 is 5.11 Å². The van der Waals surface area contributed by atoms with Crippen LogP contribution in [0.1, 0.15) is 18.5 Å². The van der Waals surface area contributed by atoms with Crippen LogP contribution in [0, 0.1) is 6.92 Å². The fourth-order valence-electron chi connectivity index (χ4n) is 3.03. The van der Waals surface area contributed by atoms with Gasteiger partial charge in [0.25, 0.3) is 0 Å². The molecule has 8 nitrogen and oxygen atoms in total. The molecule has 0 bridgehead atoms. The maximum absolute atomic E-state index is 9.54. The number of H-pyrrole nitrogens is 1. The van der Waals surface area contributed by atoms with Gasteiger partial charge >= 0.3 is 0 Å². The smallest absolute Gasteiger partial charge is 0.245 e. The van der Waals surface area contributed by atoms with E-state index in [0.717, 1.165) is 36.4 Å². The van der Waals surface area contributed by atoms with E-state index in [0.29, 0.717) is 11.8 Å². The normalized spacial score (nSPS) is 18.0. The molecule has 3 aromatic heterocycles. The van der Waals surface area contributed by atoms with Crippen molar-refractivity contribution in [3.8, 4) is 0 Å². The Bertz CT molecular complexity index is 824. The average molecular weight is 313 g/mol. The van der Waals surface area contributed by atoms with Crippen LogP contribution >= 0.6 is 0 Å². The molecule has 0 aromatic carbocycles. The summed E-state index contributed by atoms with van der Waals surface area (Å²) in [5, 5.41) is 24.5. The van der Waals surface area contributed by atoms with Gasteiger partial charge in [-0.3, -0.25) is 5.10 Å². The minimum Gasteiger partial charge on any atom is -0.394 e. The molecule has 0 saturated carbocycles. The average Bonchev–Trinajstić information content (AvgIpc) is 3.26. The highest BCUT2D eigenvalue weighted by molar-refractivity contribution is 5.73. The zero-order valence-corrected chi connectivity index (χ0v) is 12.9. The summed E-state index contributed by atoms with van der Waals surface area (Å²) in [5.41, 5.74) is 1.86. The number of fused-ring (bicyclic) bond motifs is 1. The molecule has 1 fully saturated rings. The summed E-state index contributed by atoms with van der Waals surface area (Å²) < 4.78 is 1.80. The molecule has 120 valence electrons. The van der Waals surface area contributed by atoms with Crippen molar-refractivity contribution in [3.63, 3.8) is 0 Å². The number of aromatic amines is 1. The Morgan fingerprint density at radius 1 is 1.48 bits per heavy atom. The third kappa shape index (κ3) is 2.50. The van der Waals surface area contributed by atoms with Gasteiger partial charge in [0.1, 0.15) is 5.52 Å². The standard InChI is InChI=1S/C15H19N7O/c1-10-8-13(19-18-10)16-14-12-5-3-7-22(12)20-15(17-14)21-6-2-4-11(21)9-23/h3,5,7-8,11,23H,2,4,6,9H2,1H3,(H2,16,17,18,19,20)/t11-/m1/s1. The molecule has 1 aliphatic heterocycles. The summed E-state index contributed by atoms with van der Waals surface area (Å²) in [6.07, 6.45) is 3.90. The van der Waals surface area contributed by atoms with Crippen LogP contribution in [-0.4, -0.2) is 49.1 Å². The van der Waals surface area contributed by atoms with Crippen LogP contribution in [0.2, 0.25) is 0 Å². The van der Waals surface area contributed by atoms with Crippen molar-refractivity contribution in [3.05, 3.63) is 30.1 Å². The minimum atomic E-state index is 0.0866. The van der Waals surface area contributed by atoms with Gasteiger partial charge in [-0.15, -0.1) is 5.10 Å². The SMILES string of the molecule is Cc1cc(Nc2nc(N3CCC[C@@H]3CO)nn3cccc23)n[nH]1. The Kier molecular flexibility index (Phi) is 3.38. The van der Waals surface area contributed by atoms with E-state index in [1.807, 2.05) is 31.3 Å². The first-order valence-corrected chi connectivity index (χ1v) is 7.76. The lowest BCUT2D eigenvalue weighted by Crippen LogP contribution is -2.34. The predicted octanol–water partition coefficient (Wildman–Crippen LogP) is 1.47. The fraction of sp³-hybridized carbons (Fsp3) is 0.400. The summed E-state index contributed by atoms with van der Waals surface area (Å²) in [6, 6.07) is 5.90. The molecule has 0 spiro atoms. The molecule has 3 aromatic rings. The van der Waals surface area contributed by atoms with E-state index in [4.69, 9.17) is 0 Å². The number of aliphatic hydroxyl groups is 1. The van der Waals surface area contributed by atoms with Crippen LogP contribution in [0.15, 0.2) is 24.4 Å². The summed E-state index contributed by atoms with van der Waals surface area (Å²) in [6.45, 7) is 2.93. The van der Waals surface area contributed by atoms with Crippen LogP contribution < -0.4 is 10.2 Å². The largest absolute Gasteiger partial charge is 0.394 e. The summed E-state index contributed by atoms with van der Waals surface area (Å²) in [4.78, 5) is 6.75. The van der Waals surface area contributed by atoms with E-state index in [1.165, 1.54) is 0 Å². The molecule has 1 saturated heterocycles. The van der Waals surface area contributed by atoms with E-state index in [1.54, 1.807) is 4.52 Å². The first kappa shape index (κ1) is 14.0. The van der Waals surface area contributed by atoms with Crippen LogP contribution in [0.5, 0.6) is 0 Å². The Morgan fingerprint density at radius 2 is 2.39 bits per heavy atom. The fourth-order valence-corrected chi connectivity index (χ4v) is 3.03. The van der Waals surface area contributed by atoms with Gasteiger partial charge in [-0.05, 0) is 31.9 Å². The van der Waals surface area contributed by atoms with E-state index in [9.17, 15) is 5.11 Å². The quantitative estimate of drug-likeness (QED) is 0.675. The summed E-state index contributed by atoms with van der Waals surface area (Å²) >= 11 is 0. The van der Waals surface area contributed by atoms with Gasteiger partial charge < -0.3 is 15.3 Å². The van der Waals surface area contributed by atoms with E-state index < -0.39 is 0 Å². The number of aliphatic hydroxyl groups excluding tert-OH is 1. The Balaban J connectivity index is 1.75. The van der Waals surface area contributed by atoms with Gasteiger partial charge in [0, 0.05) is 24.5 Å². The summed E-state index contributed by atoms with van der Waals surface area (Å²) in [7, 11) is 0. The number of hydrogen-bond donors (Lipinski definition) is 3. The number of nitrogens with zero attached hydrogens (tertiary/aromatic N) is 5. The maximum atomic E-state index is 9.54. The van der Waals surface area contributed by atoms with Crippen LogP contribution in [-0.2, 0) is 0 Å². The highest BCUT2D eigenvalue weighted by Gasteiger charge is 2.27.